The van der Waals surface area contributed by atoms with Crippen LogP contribution < -0.4 is 15.2 Å². The Hall–Kier alpha value is -0.910. The van der Waals surface area contributed by atoms with E-state index < -0.39 is 0 Å². The van der Waals surface area contributed by atoms with Crippen molar-refractivity contribution < 1.29 is 9.47 Å². The fourth-order valence-corrected chi connectivity index (χ4v) is 3.51. The second kappa shape index (κ2) is 9.18. The molecule has 4 nitrogen and oxygen atoms in total. The summed E-state index contributed by atoms with van der Waals surface area (Å²) in [6, 6.07) is 6.58. The number of ether oxygens (including phenoxy) is 2. The Morgan fingerprint density at radius 1 is 1.29 bits per heavy atom. The van der Waals surface area contributed by atoms with Crippen LogP contribution >= 0.6 is 11.8 Å². The molecule has 2 N–H and O–H groups in total. The van der Waals surface area contributed by atoms with Crippen molar-refractivity contribution in [3.05, 3.63) is 23.8 Å². The van der Waals surface area contributed by atoms with Gasteiger partial charge < -0.3 is 15.2 Å². The Kier molecular flexibility index (Phi) is 7.93. The quantitative estimate of drug-likeness (QED) is 0.760. The second-order valence-electron chi connectivity index (χ2n) is 5.02. The van der Waals surface area contributed by atoms with Crippen molar-refractivity contribution >= 4 is 11.8 Å². The van der Waals surface area contributed by atoms with Gasteiger partial charge in [-0.05, 0) is 25.8 Å². The van der Waals surface area contributed by atoms with Gasteiger partial charge in [-0.2, -0.15) is 11.8 Å². The number of thioether (sulfide) groups is 1. The van der Waals surface area contributed by atoms with Gasteiger partial charge in [0.2, 0.25) is 0 Å². The highest BCUT2D eigenvalue weighted by molar-refractivity contribution is 7.98. The van der Waals surface area contributed by atoms with E-state index in [0.29, 0.717) is 12.6 Å². The number of methoxy groups -OCH3 is 2. The third-order valence-electron chi connectivity index (χ3n) is 3.91. The summed E-state index contributed by atoms with van der Waals surface area (Å²) >= 11 is 1.86. The minimum Gasteiger partial charge on any atom is -0.493 e. The molecule has 2 atom stereocenters. The lowest BCUT2D eigenvalue weighted by molar-refractivity contribution is 0.184. The zero-order valence-electron chi connectivity index (χ0n) is 13.8. The van der Waals surface area contributed by atoms with Gasteiger partial charge in [0, 0.05) is 23.9 Å². The maximum absolute atomic E-state index is 6.06. The summed E-state index contributed by atoms with van der Waals surface area (Å²) in [6.45, 7) is 2.76. The zero-order valence-corrected chi connectivity index (χ0v) is 14.6. The van der Waals surface area contributed by atoms with Crippen LogP contribution in [0.15, 0.2) is 18.2 Å². The van der Waals surface area contributed by atoms with Gasteiger partial charge in [0.15, 0.2) is 11.5 Å². The first-order chi connectivity index (χ1) is 10.1. The average molecular weight is 312 g/mol. The van der Waals surface area contributed by atoms with Crippen molar-refractivity contribution in [1.82, 2.24) is 4.90 Å². The van der Waals surface area contributed by atoms with E-state index in [4.69, 9.17) is 15.2 Å². The molecular weight excluding hydrogens is 284 g/mol. The van der Waals surface area contributed by atoms with E-state index in [9.17, 15) is 0 Å². The van der Waals surface area contributed by atoms with E-state index in [2.05, 4.69) is 31.2 Å². The number of benzene rings is 1. The minimum atomic E-state index is 0.118. The summed E-state index contributed by atoms with van der Waals surface area (Å²) in [7, 11) is 5.47. The molecule has 0 aliphatic heterocycles. The molecule has 1 aromatic carbocycles. The van der Waals surface area contributed by atoms with Crippen LogP contribution in [0.1, 0.15) is 24.9 Å². The van der Waals surface area contributed by atoms with E-state index in [1.807, 2.05) is 23.9 Å². The molecule has 0 aliphatic carbocycles. The SMILES string of the molecule is CCC(CSC)N(C)C(CN)c1cccc(OC)c1OC. The Balaban J connectivity index is 3.14. The molecule has 0 saturated heterocycles. The molecule has 1 rings (SSSR count). The maximum Gasteiger partial charge on any atom is 0.165 e. The van der Waals surface area contributed by atoms with Gasteiger partial charge in [0.1, 0.15) is 0 Å². The second-order valence-corrected chi connectivity index (χ2v) is 5.93. The summed E-state index contributed by atoms with van der Waals surface area (Å²) in [5, 5.41) is 0. The van der Waals surface area contributed by atoms with Gasteiger partial charge in [-0.1, -0.05) is 19.1 Å². The van der Waals surface area contributed by atoms with Gasteiger partial charge in [0.25, 0.3) is 0 Å². The molecule has 0 radical (unpaired) electrons. The molecule has 0 heterocycles. The molecule has 0 saturated carbocycles. The van der Waals surface area contributed by atoms with Gasteiger partial charge in [-0.25, -0.2) is 0 Å². The molecule has 120 valence electrons. The normalized spacial score (nSPS) is 14.0. The van der Waals surface area contributed by atoms with E-state index in [0.717, 1.165) is 29.2 Å². The lowest BCUT2D eigenvalue weighted by atomic mass is 10.0. The molecule has 0 amide bonds. The summed E-state index contributed by atoms with van der Waals surface area (Å²) in [4.78, 5) is 2.35. The molecule has 0 aromatic heterocycles. The fraction of sp³-hybridized carbons (Fsp3) is 0.625. The first-order valence-corrected chi connectivity index (χ1v) is 8.65. The molecule has 5 heteroatoms. The molecule has 0 fully saturated rings. The Bertz CT molecular complexity index is 429. The highest BCUT2D eigenvalue weighted by Crippen LogP contribution is 2.37. The van der Waals surface area contributed by atoms with Crippen LogP contribution in [-0.2, 0) is 0 Å². The van der Waals surface area contributed by atoms with Crippen LogP contribution in [0.3, 0.4) is 0 Å². The van der Waals surface area contributed by atoms with Crippen molar-refractivity contribution in [2.24, 2.45) is 5.73 Å². The molecule has 1 aromatic rings. The van der Waals surface area contributed by atoms with Crippen LogP contribution in [-0.4, -0.2) is 50.8 Å². The predicted octanol–water partition coefficient (Wildman–Crippen LogP) is 2.78. The largest absolute Gasteiger partial charge is 0.493 e. The Labute approximate surface area is 133 Å². The van der Waals surface area contributed by atoms with Gasteiger partial charge in [0.05, 0.1) is 20.3 Å². The Morgan fingerprint density at radius 3 is 2.48 bits per heavy atom. The number of para-hydroxylation sites is 1. The van der Waals surface area contributed by atoms with E-state index in [1.165, 1.54) is 0 Å². The molecule has 2 unspecified atom stereocenters. The standard InChI is InChI=1S/C16H28N2O2S/c1-6-12(11-21-5)18(2)14(10-17)13-8-7-9-15(19-3)16(13)20-4/h7-9,12,14H,6,10-11,17H2,1-5H3. The summed E-state index contributed by atoms with van der Waals surface area (Å²) in [5.41, 5.74) is 7.15. The van der Waals surface area contributed by atoms with Crippen LogP contribution in [0.4, 0.5) is 0 Å². The van der Waals surface area contributed by atoms with Crippen molar-refractivity contribution in [1.29, 1.82) is 0 Å². The number of rotatable bonds is 9. The van der Waals surface area contributed by atoms with Crippen LogP contribution in [0.25, 0.3) is 0 Å². The zero-order chi connectivity index (χ0) is 15.8. The highest BCUT2D eigenvalue weighted by atomic mass is 32.2. The third kappa shape index (κ3) is 4.28. The maximum atomic E-state index is 6.06. The smallest absolute Gasteiger partial charge is 0.165 e. The first kappa shape index (κ1) is 18.1. The molecule has 0 aliphatic rings. The summed E-state index contributed by atoms with van der Waals surface area (Å²) < 4.78 is 11.0. The van der Waals surface area contributed by atoms with Crippen molar-refractivity contribution in [2.45, 2.75) is 25.4 Å². The minimum absolute atomic E-state index is 0.118. The number of nitrogens with zero attached hydrogens (tertiary/aromatic N) is 1. The van der Waals surface area contributed by atoms with Gasteiger partial charge in [-0.3, -0.25) is 4.90 Å². The topological polar surface area (TPSA) is 47.7 Å². The van der Waals surface area contributed by atoms with Gasteiger partial charge in [-0.15, -0.1) is 0 Å². The monoisotopic (exact) mass is 312 g/mol. The Morgan fingerprint density at radius 2 is 2.00 bits per heavy atom. The first-order valence-electron chi connectivity index (χ1n) is 7.26. The van der Waals surface area contributed by atoms with Crippen LogP contribution in [0, 0.1) is 0 Å². The number of nitrogens with two attached hydrogens (primary N) is 1. The van der Waals surface area contributed by atoms with Crippen LogP contribution in [0.5, 0.6) is 11.5 Å². The molecule has 0 bridgehead atoms. The van der Waals surface area contributed by atoms with E-state index >= 15 is 0 Å². The van der Waals surface area contributed by atoms with Crippen molar-refractivity contribution in [3.8, 4) is 11.5 Å². The number of hydrogen-bond acceptors (Lipinski definition) is 5. The lowest BCUT2D eigenvalue weighted by Gasteiger charge is -2.35. The van der Waals surface area contributed by atoms with Crippen molar-refractivity contribution in [3.63, 3.8) is 0 Å². The lowest BCUT2D eigenvalue weighted by Crippen LogP contribution is -2.39. The van der Waals surface area contributed by atoms with E-state index in [-0.39, 0.29) is 6.04 Å². The fourth-order valence-electron chi connectivity index (χ4n) is 2.66. The van der Waals surface area contributed by atoms with Crippen molar-refractivity contribution in [2.75, 3.05) is 39.8 Å². The number of likely N-dealkylation sites (N-methyl/N-ethyl adjacent to an activating group) is 1. The summed E-state index contributed by atoms with van der Waals surface area (Å²) in [6.07, 6.45) is 3.24. The highest BCUT2D eigenvalue weighted by Gasteiger charge is 2.25. The summed E-state index contributed by atoms with van der Waals surface area (Å²) in [5.74, 6) is 2.62. The van der Waals surface area contributed by atoms with Crippen LogP contribution in [0.2, 0.25) is 0 Å². The number of hydrogen-bond donors (Lipinski definition) is 1. The van der Waals surface area contributed by atoms with Gasteiger partial charge >= 0.3 is 0 Å². The average Bonchev–Trinajstić information content (AvgIpc) is 2.52. The molecular formula is C16H28N2O2S. The van der Waals surface area contributed by atoms with E-state index in [1.54, 1.807) is 14.2 Å². The molecule has 0 spiro atoms. The predicted molar refractivity (Wildman–Crippen MR) is 91.6 cm³/mol. The molecule has 21 heavy (non-hydrogen) atoms. The third-order valence-corrected chi connectivity index (χ3v) is 4.63.